The Morgan fingerprint density at radius 2 is 1.92 bits per heavy atom. The summed E-state index contributed by atoms with van der Waals surface area (Å²) in [7, 11) is 0. The van der Waals surface area contributed by atoms with Crippen LogP contribution >= 0.6 is 11.6 Å². The molecule has 1 saturated heterocycles. The molecule has 134 valence electrons. The average molecular weight is 374 g/mol. The van der Waals surface area contributed by atoms with Crippen molar-refractivity contribution < 1.29 is 18.7 Å². The van der Waals surface area contributed by atoms with Gasteiger partial charge in [0.1, 0.15) is 17.2 Å². The van der Waals surface area contributed by atoms with Crippen LogP contribution in [0, 0.1) is 5.82 Å². The molecule has 4 nitrogen and oxygen atoms in total. The first-order chi connectivity index (χ1) is 12.5. The average Bonchev–Trinajstić information content (AvgIpc) is 2.63. The zero-order valence-electron chi connectivity index (χ0n) is 14.0. The van der Waals surface area contributed by atoms with Crippen LogP contribution in [0.5, 0.6) is 5.75 Å². The summed E-state index contributed by atoms with van der Waals surface area (Å²) >= 11 is 5.96. The quantitative estimate of drug-likeness (QED) is 0.755. The molecule has 0 saturated carbocycles. The van der Waals surface area contributed by atoms with Crippen LogP contribution in [0.1, 0.15) is 40.0 Å². The van der Waals surface area contributed by atoms with Gasteiger partial charge in [0.15, 0.2) is 5.78 Å². The van der Waals surface area contributed by atoms with Crippen molar-refractivity contribution in [2.24, 2.45) is 0 Å². The lowest BCUT2D eigenvalue weighted by Crippen LogP contribution is -2.52. The predicted molar refractivity (Wildman–Crippen MR) is 95.3 cm³/mol. The maximum atomic E-state index is 13.4. The molecule has 0 atom stereocenters. The summed E-state index contributed by atoms with van der Waals surface area (Å²) in [4.78, 5) is 26.8. The van der Waals surface area contributed by atoms with Crippen LogP contribution in [-0.2, 0) is 0 Å². The number of carbonyl (C=O) groups excluding carboxylic acids is 2. The van der Waals surface area contributed by atoms with Gasteiger partial charge in [0.25, 0.3) is 5.91 Å². The van der Waals surface area contributed by atoms with Gasteiger partial charge in [-0.1, -0.05) is 17.7 Å². The van der Waals surface area contributed by atoms with E-state index in [1.54, 1.807) is 29.2 Å². The molecule has 1 fully saturated rings. The van der Waals surface area contributed by atoms with Crippen molar-refractivity contribution >= 4 is 23.3 Å². The predicted octanol–water partition coefficient (Wildman–Crippen LogP) is 4.12. The summed E-state index contributed by atoms with van der Waals surface area (Å²) in [6, 6.07) is 10.8. The van der Waals surface area contributed by atoms with Gasteiger partial charge in [-0.3, -0.25) is 9.59 Å². The second-order valence-electron chi connectivity index (χ2n) is 6.83. The number of nitrogens with zero attached hydrogens (tertiary/aromatic N) is 1. The molecule has 0 N–H and O–H groups in total. The van der Waals surface area contributed by atoms with E-state index >= 15 is 0 Å². The third-order valence-electron chi connectivity index (χ3n) is 5.08. The number of benzene rings is 2. The second kappa shape index (κ2) is 6.40. The highest BCUT2D eigenvalue weighted by Gasteiger charge is 2.43. The van der Waals surface area contributed by atoms with E-state index in [4.69, 9.17) is 16.3 Å². The Morgan fingerprint density at radius 1 is 1.15 bits per heavy atom. The topological polar surface area (TPSA) is 46.6 Å². The van der Waals surface area contributed by atoms with Crippen LogP contribution in [0.4, 0.5) is 4.39 Å². The normalized spacial score (nSPS) is 18.4. The molecule has 6 heteroatoms. The van der Waals surface area contributed by atoms with Gasteiger partial charge in [-0.25, -0.2) is 4.39 Å². The molecule has 1 amide bonds. The monoisotopic (exact) mass is 373 g/mol. The lowest BCUT2D eigenvalue weighted by molar-refractivity contribution is -0.00571. The molecule has 4 rings (SSSR count). The Bertz CT molecular complexity index is 890. The minimum Gasteiger partial charge on any atom is -0.486 e. The highest BCUT2D eigenvalue weighted by Crippen LogP contribution is 2.40. The Kier molecular flexibility index (Phi) is 4.19. The molecule has 0 bridgehead atoms. The number of halogens is 2. The number of piperidine rings is 1. The van der Waals surface area contributed by atoms with Crippen molar-refractivity contribution in [3.8, 4) is 5.75 Å². The number of Topliss-reactive ketones (excluding diaryl/α,β-unsaturated/α-hetero) is 1. The zero-order chi connectivity index (χ0) is 18.3. The van der Waals surface area contributed by atoms with Crippen LogP contribution in [0.15, 0.2) is 42.5 Å². The van der Waals surface area contributed by atoms with Gasteiger partial charge >= 0.3 is 0 Å². The first-order valence-corrected chi connectivity index (χ1v) is 8.90. The molecule has 0 aliphatic carbocycles. The number of carbonyl (C=O) groups is 2. The summed E-state index contributed by atoms with van der Waals surface area (Å²) < 4.78 is 19.5. The summed E-state index contributed by atoms with van der Waals surface area (Å²) in [6.45, 7) is 0.928. The molecule has 2 aliphatic rings. The number of ketones is 1. The number of rotatable bonds is 1. The van der Waals surface area contributed by atoms with Crippen LogP contribution in [0.3, 0.4) is 0 Å². The molecular formula is C20H17ClFNO3. The SMILES string of the molecule is O=C1CC2(CCN(C(=O)c3cccc(F)c3)CC2)Oc2ccc(Cl)cc21. The number of ether oxygens (including phenoxy) is 1. The van der Waals surface area contributed by atoms with E-state index in [2.05, 4.69) is 0 Å². The summed E-state index contributed by atoms with van der Waals surface area (Å²) in [5.74, 6) is -0.0660. The molecule has 2 aromatic rings. The summed E-state index contributed by atoms with van der Waals surface area (Å²) in [5.41, 5.74) is 0.263. The number of hydrogen-bond donors (Lipinski definition) is 0. The highest BCUT2D eigenvalue weighted by atomic mass is 35.5. The third-order valence-corrected chi connectivity index (χ3v) is 5.32. The molecule has 2 aromatic carbocycles. The third kappa shape index (κ3) is 3.07. The van der Waals surface area contributed by atoms with Crippen molar-refractivity contribution in [2.45, 2.75) is 24.9 Å². The molecule has 26 heavy (non-hydrogen) atoms. The fourth-order valence-corrected chi connectivity index (χ4v) is 3.84. The van der Waals surface area contributed by atoms with E-state index in [0.717, 1.165) is 0 Å². The highest BCUT2D eigenvalue weighted by molar-refractivity contribution is 6.31. The second-order valence-corrected chi connectivity index (χ2v) is 7.26. The number of amides is 1. The lowest BCUT2D eigenvalue weighted by atomic mass is 9.82. The van der Waals surface area contributed by atoms with Crippen LogP contribution < -0.4 is 4.74 Å². The van der Waals surface area contributed by atoms with Crippen LogP contribution in [0.25, 0.3) is 0 Å². The summed E-state index contributed by atoms with van der Waals surface area (Å²) in [5, 5.41) is 0.507. The largest absolute Gasteiger partial charge is 0.486 e. The number of likely N-dealkylation sites (tertiary alicyclic amines) is 1. The lowest BCUT2D eigenvalue weighted by Gasteiger charge is -2.44. The van der Waals surface area contributed by atoms with Gasteiger partial charge in [0.05, 0.1) is 12.0 Å². The first-order valence-electron chi connectivity index (χ1n) is 8.52. The molecule has 1 spiro atoms. The van der Waals surface area contributed by atoms with E-state index in [9.17, 15) is 14.0 Å². The summed E-state index contributed by atoms with van der Waals surface area (Å²) in [6.07, 6.45) is 1.39. The molecule has 2 heterocycles. The smallest absolute Gasteiger partial charge is 0.253 e. The Hall–Kier alpha value is -2.40. The van der Waals surface area contributed by atoms with E-state index in [1.165, 1.54) is 18.2 Å². The maximum Gasteiger partial charge on any atom is 0.253 e. The van der Waals surface area contributed by atoms with Crippen LogP contribution in [-0.4, -0.2) is 35.3 Å². The molecule has 2 aliphatic heterocycles. The molecule has 0 radical (unpaired) electrons. The zero-order valence-corrected chi connectivity index (χ0v) is 14.8. The van der Waals surface area contributed by atoms with Gasteiger partial charge < -0.3 is 9.64 Å². The Morgan fingerprint density at radius 3 is 2.65 bits per heavy atom. The standard InChI is InChI=1S/C20H17ClFNO3/c21-14-4-5-18-16(11-14)17(24)12-20(26-18)6-8-23(9-7-20)19(25)13-2-1-3-15(22)10-13/h1-5,10-11H,6-9,12H2. The maximum absolute atomic E-state index is 13.4. The van der Waals surface area contributed by atoms with E-state index in [1.807, 2.05) is 0 Å². The van der Waals surface area contributed by atoms with Crippen molar-refractivity contribution in [2.75, 3.05) is 13.1 Å². The van der Waals surface area contributed by atoms with Crippen molar-refractivity contribution in [3.05, 3.63) is 64.4 Å². The first kappa shape index (κ1) is 17.0. The fraction of sp³-hybridized carbons (Fsp3) is 0.300. The van der Waals surface area contributed by atoms with Gasteiger partial charge in [-0.2, -0.15) is 0 Å². The van der Waals surface area contributed by atoms with Gasteiger partial charge in [0.2, 0.25) is 0 Å². The van der Waals surface area contributed by atoms with E-state index in [0.29, 0.717) is 47.8 Å². The van der Waals surface area contributed by atoms with Gasteiger partial charge in [-0.15, -0.1) is 0 Å². The Labute approximate surface area is 155 Å². The van der Waals surface area contributed by atoms with Crippen molar-refractivity contribution in [1.82, 2.24) is 4.90 Å². The van der Waals surface area contributed by atoms with Gasteiger partial charge in [-0.05, 0) is 36.4 Å². The number of hydrogen-bond acceptors (Lipinski definition) is 3. The molecule has 0 aromatic heterocycles. The van der Waals surface area contributed by atoms with Crippen molar-refractivity contribution in [1.29, 1.82) is 0 Å². The number of fused-ring (bicyclic) bond motifs is 1. The van der Waals surface area contributed by atoms with Crippen molar-refractivity contribution in [3.63, 3.8) is 0 Å². The Balaban J connectivity index is 1.49. The fourth-order valence-electron chi connectivity index (χ4n) is 3.67. The molecular weight excluding hydrogens is 357 g/mol. The van der Waals surface area contributed by atoms with Gasteiger partial charge in [0, 0.05) is 36.5 Å². The van der Waals surface area contributed by atoms with E-state index in [-0.39, 0.29) is 18.1 Å². The molecule has 0 unspecified atom stereocenters. The van der Waals surface area contributed by atoms with Crippen LogP contribution in [0.2, 0.25) is 5.02 Å². The minimum absolute atomic E-state index is 0.0126. The minimum atomic E-state index is -0.587. The van der Waals surface area contributed by atoms with E-state index < -0.39 is 11.4 Å².